The second-order valence-corrected chi connectivity index (χ2v) is 9.60. The molecule has 0 spiro atoms. The molecule has 0 aliphatic rings. The number of anilines is 1. The summed E-state index contributed by atoms with van der Waals surface area (Å²) in [5, 5.41) is 2.76. The molecule has 33 heavy (non-hydrogen) atoms. The van der Waals surface area contributed by atoms with Gasteiger partial charge in [0.2, 0.25) is 21.8 Å². The molecule has 2 aromatic carbocycles. The van der Waals surface area contributed by atoms with Gasteiger partial charge >= 0.3 is 0 Å². The number of hydrogen-bond donors (Lipinski definition) is 1. The molecule has 1 atom stereocenters. The summed E-state index contributed by atoms with van der Waals surface area (Å²) in [6, 6.07) is 15.6. The number of sulfonamides is 1. The van der Waals surface area contributed by atoms with Crippen LogP contribution in [0.4, 0.5) is 5.69 Å². The molecule has 0 unspecified atom stereocenters. The number of amides is 2. The predicted octanol–water partition coefficient (Wildman–Crippen LogP) is 2.79. The Labute approximate surface area is 196 Å². The Hall–Kier alpha value is -3.07. The van der Waals surface area contributed by atoms with Crippen molar-refractivity contribution in [1.29, 1.82) is 0 Å². The average Bonchev–Trinajstić information content (AvgIpc) is 2.79. The number of methoxy groups -OCH3 is 1. The first kappa shape index (κ1) is 26.2. The molecule has 0 bridgehead atoms. The van der Waals surface area contributed by atoms with Gasteiger partial charge in [-0.25, -0.2) is 8.42 Å². The lowest BCUT2D eigenvalue weighted by Gasteiger charge is -2.29. The van der Waals surface area contributed by atoms with Gasteiger partial charge in [0.25, 0.3) is 0 Å². The molecular formula is C24H33N3O5S. The number of carbonyl (C=O) groups is 2. The van der Waals surface area contributed by atoms with Crippen molar-refractivity contribution in [3.63, 3.8) is 0 Å². The zero-order valence-corrected chi connectivity index (χ0v) is 20.5. The van der Waals surface area contributed by atoms with Crippen molar-refractivity contribution >= 4 is 27.5 Å². The van der Waals surface area contributed by atoms with Crippen molar-refractivity contribution in [2.24, 2.45) is 0 Å². The highest BCUT2D eigenvalue weighted by Gasteiger charge is 2.26. The molecule has 8 nitrogen and oxygen atoms in total. The molecule has 0 aliphatic heterocycles. The normalized spacial score (nSPS) is 12.0. The molecule has 1 N–H and O–H groups in total. The van der Waals surface area contributed by atoms with Crippen LogP contribution < -0.4 is 14.4 Å². The Kier molecular flexibility index (Phi) is 9.72. The Morgan fingerprint density at radius 3 is 2.30 bits per heavy atom. The summed E-state index contributed by atoms with van der Waals surface area (Å²) in [6.45, 7) is 4.40. The van der Waals surface area contributed by atoms with Gasteiger partial charge in [0, 0.05) is 26.1 Å². The summed E-state index contributed by atoms with van der Waals surface area (Å²) in [4.78, 5) is 27.1. The Morgan fingerprint density at radius 2 is 1.70 bits per heavy atom. The fourth-order valence-electron chi connectivity index (χ4n) is 3.50. The van der Waals surface area contributed by atoms with E-state index in [1.54, 1.807) is 31.2 Å². The van der Waals surface area contributed by atoms with Crippen molar-refractivity contribution < 1.29 is 22.7 Å². The Balaban J connectivity index is 2.16. The number of ether oxygens (including phenoxy) is 1. The smallest absolute Gasteiger partial charge is 0.242 e. The minimum atomic E-state index is -3.59. The number of benzene rings is 2. The monoisotopic (exact) mass is 475 g/mol. The molecular weight excluding hydrogens is 442 g/mol. The van der Waals surface area contributed by atoms with Gasteiger partial charge in [-0.3, -0.25) is 13.9 Å². The van der Waals surface area contributed by atoms with Crippen LogP contribution in [0.3, 0.4) is 0 Å². The fraction of sp³-hybridized carbons (Fsp3) is 0.417. The molecule has 2 aromatic rings. The van der Waals surface area contributed by atoms with Gasteiger partial charge in [0.05, 0.1) is 19.1 Å². The first-order valence-electron chi connectivity index (χ1n) is 10.9. The quantitative estimate of drug-likeness (QED) is 0.509. The molecule has 9 heteroatoms. The number of para-hydroxylation sites is 2. The van der Waals surface area contributed by atoms with Crippen LogP contribution in [-0.4, -0.2) is 57.6 Å². The predicted molar refractivity (Wildman–Crippen MR) is 130 cm³/mol. The number of nitrogens with one attached hydrogen (secondary N) is 1. The third kappa shape index (κ3) is 7.49. The molecule has 0 saturated heterocycles. The van der Waals surface area contributed by atoms with Crippen molar-refractivity contribution in [3.05, 3.63) is 60.2 Å². The highest BCUT2D eigenvalue weighted by molar-refractivity contribution is 7.92. The second kappa shape index (κ2) is 12.2. The maximum Gasteiger partial charge on any atom is 0.242 e. The van der Waals surface area contributed by atoms with Crippen molar-refractivity contribution in [2.45, 2.75) is 39.3 Å². The highest BCUT2D eigenvalue weighted by Crippen LogP contribution is 2.29. The van der Waals surface area contributed by atoms with Crippen LogP contribution in [-0.2, 0) is 26.2 Å². The van der Waals surface area contributed by atoms with E-state index in [0.717, 1.165) is 11.8 Å². The van der Waals surface area contributed by atoms with Gasteiger partial charge in [-0.1, -0.05) is 42.5 Å². The molecule has 2 amide bonds. The lowest BCUT2D eigenvalue weighted by atomic mass is 10.1. The lowest BCUT2D eigenvalue weighted by Crippen LogP contribution is -2.47. The summed E-state index contributed by atoms with van der Waals surface area (Å²) in [6.07, 6.45) is 1.51. The largest absolute Gasteiger partial charge is 0.495 e. The van der Waals surface area contributed by atoms with Crippen molar-refractivity contribution in [2.75, 3.05) is 30.8 Å². The number of likely N-dealkylation sites (N-methyl/N-ethyl adjacent to an activating group) is 1. The highest BCUT2D eigenvalue weighted by atomic mass is 32.2. The molecule has 0 aromatic heterocycles. The molecule has 0 aliphatic carbocycles. The summed E-state index contributed by atoms with van der Waals surface area (Å²) < 4.78 is 31.4. The second-order valence-electron chi connectivity index (χ2n) is 7.69. The van der Waals surface area contributed by atoms with E-state index >= 15 is 0 Å². The maximum atomic E-state index is 13.1. The van der Waals surface area contributed by atoms with Crippen LogP contribution in [0, 0.1) is 0 Å². The van der Waals surface area contributed by atoms with Gasteiger partial charge in [-0.15, -0.1) is 0 Å². The van der Waals surface area contributed by atoms with Crippen LogP contribution in [0.2, 0.25) is 0 Å². The summed E-state index contributed by atoms with van der Waals surface area (Å²) in [5.41, 5.74) is 1.33. The van der Waals surface area contributed by atoms with Gasteiger partial charge in [-0.2, -0.15) is 0 Å². The molecule has 0 saturated carbocycles. The van der Waals surface area contributed by atoms with E-state index in [9.17, 15) is 18.0 Å². The third-order valence-electron chi connectivity index (χ3n) is 5.22. The van der Waals surface area contributed by atoms with Gasteiger partial charge < -0.3 is 15.0 Å². The van der Waals surface area contributed by atoms with E-state index in [1.807, 2.05) is 37.3 Å². The van der Waals surface area contributed by atoms with Crippen LogP contribution in [0.1, 0.15) is 32.3 Å². The number of hydrogen-bond acceptors (Lipinski definition) is 5. The topological polar surface area (TPSA) is 96.0 Å². The summed E-state index contributed by atoms with van der Waals surface area (Å²) >= 11 is 0. The van der Waals surface area contributed by atoms with Crippen LogP contribution in [0.5, 0.6) is 5.75 Å². The maximum absolute atomic E-state index is 13.1. The summed E-state index contributed by atoms with van der Waals surface area (Å²) in [7, 11) is -2.11. The van der Waals surface area contributed by atoms with E-state index in [4.69, 9.17) is 4.74 Å². The first-order valence-corrected chi connectivity index (χ1v) is 12.8. The molecule has 2 rings (SSSR count). The van der Waals surface area contributed by atoms with Crippen LogP contribution in [0.15, 0.2) is 54.6 Å². The number of carbonyl (C=O) groups excluding carboxylic acids is 2. The van der Waals surface area contributed by atoms with Crippen molar-refractivity contribution in [3.8, 4) is 5.75 Å². The zero-order chi connectivity index (χ0) is 24.4. The zero-order valence-electron chi connectivity index (χ0n) is 19.7. The van der Waals surface area contributed by atoms with E-state index in [-0.39, 0.29) is 31.2 Å². The molecule has 0 heterocycles. The average molecular weight is 476 g/mol. The van der Waals surface area contributed by atoms with E-state index in [1.165, 1.54) is 16.3 Å². The fourth-order valence-corrected chi connectivity index (χ4v) is 4.47. The SMILES string of the molecule is CCNC(=O)[C@@H](C)N(Cc1ccccc1)C(=O)CCCN(c1ccccc1OC)S(C)(=O)=O. The van der Waals surface area contributed by atoms with Crippen molar-refractivity contribution in [1.82, 2.24) is 10.2 Å². The first-order chi connectivity index (χ1) is 15.7. The number of rotatable bonds is 12. The third-order valence-corrected chi connectivity index (χ3v) is 6.40. The van der Waals surface area contributed by atoms with Gasteiger partial charge in [0.1, 0.15) is 11.8 Å². The Morgan fingerprint density at radius 1 is 1.06 bits per heavy atom. The van der Waals surface area contributed by atoms with Crippen LogP contribution >= 0.6 is 0 Å². The lowest BCUT2D eigenvalue weighted by molar-refractivity contribution is -0.140. The van der Waals surface area contributed by atoms with Gasteiger partial charge in [-0.05, 0) is 38.0 Å². The molecule has 0 radical (unpaired) electrons. The molecule has 180 valence electrons. The Bertz CT molecular complexity index is 1030. The standard InChI is InChI=1S/C24H33N3O5S/c1-5-25-24(29)19(2)26(18-20-12-7-6-8-13-20)23(28)16-11-17-27(33(4,30)31)21-14-9-10-15-22(21)32-3/h6-10,12-15,19H,5,11,16-18H2,1-4H3,(H,25,29)/t19-/m1/s1. The van der Waals surface area contributed by atoms with E-state index in [0.29, 0.717) is 24.5 Å². The minimum Gasteiger partial charge on any atom is -0.495 e. The minimum absolute atomic E-state index is 0.0950. The van der Waals surface area contributed by atoms with Gasteiger partial charge in [0.15, 0.2) is 0 Å². The van der Waals surface area contributed by atoms with Crippen LogP contribution in [0.25, 0.3) is 0 Å². The summed E-state index contributed by atoms with van der Waals surface area (Å²) in [5.74, 6) is -0.00976. The van der Waals surface area contributed by atoms with E-state index < -0.39 is 16.1 Å². The van der Waals surface area contributed by atoms with E-state index in [2.05, 4.69) is 5.32 Å². The number of nitrogens with zero attached hydrogens (tertiary/aromatic N) is 2. The molecule has 0 fully saturated rings.